The number of rotatable bonds is 3. The lowest BCUT2D eigenvalue weighted by atomic mass is 10.2. The molecular formula is C10H13NO3. The molecule has 0 spiro atoms. The molecule has 1 aromatic rings. The first-order valence-electron chi connectivity index (χ1n) is 4.37. The minimum absolute atomic E-state index is 0.400. The van der Waals surface area contributed by atoms with Crippen LogP contribution in [0.15, 0.2) is 12.3 Å². The molecule has 76 valence electrons. The van der Waals surface area contributed by atoms with Crippen LogP contribution in [0.5, 0.6) is 5.75 Å². The monoisotopic (exact) mass is 195 g/mol. The fourth-order valence-electron chi connectivity index (χ4n) is 1.17. The molecule has 0 unspecified atom stereocenters. The van der Waals surface area contributed by atoms with Gasteiger partial charge >= 0.3 is 5.97 Å². The Kier molecular flexibility index (Phi) is 3.45. The van der Waals surface area contributed by atoms with Gasteiger partial charge in [0.15, 0.2) is 0 Å². The second-order valence-corrected chi connectivity index (χ2v) is 2.69. The maximum absolute atomic E-state index is 11.4. The summed E-state index contributed by atoms with van der Waals surface area (Å²) in [6.07, 6.45) is 1.60. The Hall–Kier alpha value is -1.58. The number of hydrogen-bond donors (Lipinski definition) is 0. The van der Waals surface area contributed by atoms with Crippen LogP contribution in [0.1, 0.15) is 23.0 Å². The SMILES string of the molecule is CCOc1ccnc(C)c1C(=O)OC. The van der Waals surface area contributed by atoms with Crippen molar-refractivity contribution in [1.82, 2.24) is 4.98 Å². The van der Waals surface area contributed by atoms with Gasteiger partial charge < -0.3 is 9.47 Å². The molecule has 0 radical (unpaired) electrons. The van der Waals surface area contributed by atoms with E-state index in [1.54, 1.807) is 19.2 Å². The maximum atomic E-state index is 11.4. The number of carbonyl (C=O) groups is 1. The topological polar surface area (TPSA) is 48.4 Å². The molecular weight excluding hydrogens is 182 g/mol. The summed E-state index contributed by atoms with van der Waals surface area (Å²) in [5.41, 5.74) is 1.01. The molecule has 0 N–H and O–H groups in total. The van der Waals surface area contributed by atoms with Crippen LogP contribution in [-0.4, -0.2) is 24.7 Å². The average molecular weight is 195 g/mol. The third-order valence-electron chi connectivity index (χ3n) is 1.79. The summed E-state index contributed by atoms with van der Waals surface area (Å²) < 4.78 is 9.95. The van der Waals surface area contributed by atoms with E-state index in [1.165, 1.54) is 7.11 Å². The summed E-state index contributed by atoms with van der Waals surface area (Å²) in [6.45, 7) is 4.11. The molecule has 1 rings (SSSR count). The van der Waals surface area contributed by atoms with Gasteiger partial charge in [0.25, 0.3) is 0 Å². The number of hydrogen-bond acceptors (Lipinski definition) is 4. The zero-order valence-corrected chi connectivity index (χ0v) is 8.53. The normalized spacial score (nSPS) is 9.64. The first-order valence-corrected chi connectivity index (χ1v) is 4.37. The largest absolute Gasteiger partial charge is 0.493 e. The molecule has 0 atom stereocenters. The third kappa shape index (κ3) is 2.02. The Labute approximate surface area is 82.9 Å². The lowest BCUT2D eigenvalue weighted by Crippen LogP contribution is -2.08. The lowest BCUT2D eigenvalue weighted by Gasteiger charge is -2.09. The van der Waals surface area contributed by atoms with Crippen molar-refractivity contribution >= 4 is 5.97 Å². The predicted octanol–water partition coefficient (Wildman–Crippen LogP) is 1.58. The van der Waals surface area contributed by atoms with E-state index in [-0.39, 0.29) is 0 Å². The Bertz CT molecular complexity index is 336. The number of pyridine rings is 1. The molecule has 1 aromatic heterocycles. The molecule has 0 saturated heterocycles. The Balaban J connectivity index is 3.15. The highest BCUT2D eigenvalue weighted by Gasteiger charge is 2.16. The summed E-state index contributed by atoms with van der Waals surface area (Å²) in [4.78, 5) is 15.4. The fraction of sp³-hybridized carbons (Fsp3) is 0.400. The molecule has 0 fully saturated rings. The smallest absolute Gasteiger partial charge is 0.343 e. The number of ether oxygens (including phenoxy) is 2. The first-order chi connectivity index (χ1) is 6.70. The van der Waals surface area contributed by atoms with Crippen LogP contribution < -0.4 is 4.74 Å². The molecule has 14 heavy (non-hydrogen) atoms. The highest BCUT2D eigenvalue weighted by Crippen LogP contribution is 2.20. The number of esters is 1. The quantitative estimate of drug-likeness (QED) is 0.687. The third-order valence-corrected chi connectivity index (χ3v) is 1.79. The minimum Gasteiger partial charge on any atom is -0.493 e. The summed E-state index contributed by atoms with van der Waals surface area (Å²) in [7, 11) is 1.34. The van der Waals surface area contributed by atoms with Crippen LogP contribution >= 0.6 is 0 Å². The zero-order valence-electron chi connectivity index (χ0n) is 8.53. The Morgan fingerprint density at radius 1 is 1.57 bits per heavy atom. The van der Waals surface area contributed by atoms with Gasteiger partial charge in [0, 0.05) is 6.20 Å². The van der Waals surface area contributed by atoms with Crippen molar-refractivity contribution in [2.24, 2.45) is 0 Å². The van der Waals surface area contributed by atoms with Crippen molar-refractivity contribution in [3.8, 4) is 5.75 Å². The van der Waals surface area contributed by atoms with Gasteiger partial charge in [-0.05, 0) is 19.9 Å². The molecule has 4 nitrogen and oxygen atoms in total. The van der Waals surface area contributed by atoms with Crippen molar-refractivity contribution in [2.45, 2.75) is 13.8 Å². The number of methoxy groups -OCH3 is 1. The van der Waals surface area contributed by atoms with Crippen LogP contribution in [0.3, 0.4) is 0 Å². The van der Waals surface area contributed by atoms with Crippen molar-refractivity contribution in [3.63, 3.8) is 0 Å². The standard InChI is InChI=1S/C10H13NO3/c1-4-14-8-5-6-11-7(2)9(8)10(12)13-3/h5-6H,4H2,1-3H3. The number of aromatic nitrogens is 1. The van der Waals surface area contributed by atoms with Crippen LogP contribution in [0, 0.1) is 6.92 Å². The fourth-order valence-corrected chi connectivity index (χ4v) is 1.17. The Morgan fingerprint density at radius 2 is 2.29 bits per heavy atom. The molecule has 4 heteroatoms. The van der Waals surface area contributed by atoms with Crippen molar-refractivity contribution < 1.29 is 14.3 Å². The minimum atomic E-state index is -0.418. The van der Waals surface area contributed by atoms with E-state index in [0.29, 0.717) is 23.6 Å². The molecule has 0 aliphatic rings. The van der Waals surface area contributed by atoms with Crippen molar-refractivity contribution in [3.05, 3.63) is 23.5 Å². The number of aryl methyl sites for hydroxylation is 1. The molecule has 0 aliphatic heterocycles. The number of nitrogens with zero attached hydrogens (tertiary/aromatic N) is 1. The highest BCUT2D eigenvalue weighted by molar-refractivity contribution is 5.93. The van der Waals surface area contributed by atoms with Gasteiger partial charge in [-0.15, -0.1) is 0 Å². The van der Waals surface area contributed by atoms with Crippen molar-refractivity contribution in [1.29, 1.82) is 0 Å². The van der Waals surface area contributed by atoms with Crippen molar-refractivity contribution in [2.75, 3.05) is 13.7 Å². The summed E-state index contributed by atoms with van der Waals surface area (Å²) in [6, 6.07) is 1.66. The van der Waals surface area contributed by atoms with Gasteiger partial charge in [-0.25, -0.2) is 4.79 Å². The molecule has 1 heterocycles. The van der Waals surface area contributed by atoms with E-state index < -0.39 is 5.97 Å². The summed E-state index contributed by atoms with van der Waals surface area (Å²) in [5.74, 6) is 0.103. The average Bonchev–Trinajstić information content (AvgIpc) is 2.18. The van der Waals surface area contributed by atoms with Gasteiger partial charge in [-0.2, -0.15) is 0 Å². The Morgan fingerprint density at radius 3 is 2.86 bits per heavy atom. The summed E-state index contributed by atoms with van der Waals surface area (Å²) in [5, 5.41) is 0. The summed E-state index contributed by atoms with van der Waals surface area (Å²) >= 11 is 0. The van der Waals surface area contributed by atoms with Gasteiger partial charge in [-0.1, -0.05) is 0 Å². The molecule has 0 aromatic carbocycles. The first kappa shape index (κ1) is 10.5. The van der Waals surface area contributed by atoms with E-state index in [0.717, 1.165) is 0 Å². The van der Waals surface area contributed by atoms with E-state index >= 15 is 0 Å². The lowest BCUT2D eigenvalue weighted by molar-refractivity contribution is 0.0595. The van der Waals surface area contributed by atoms with Gasteiger partial charge in [0.2, 0.25) is 0 Å². The van der Waals surface area contributed by atoms with E-state index in [1.807, 2.05) is 6.92 Å². The van der Waals surface area contributed by atoms with E-state index in [2.05, 4.69) is 9.72 Å². The molecule has 0 aliphatic carbocycles. The van der Waals surface area contributed by atoms with E-state index in [4.69, 9.17) is 4.74 Å². The van der Waals surface area contributed by atoms with Crippen LogP contribution in [0.2, 0.25) is 0 Å². The maximum Gasteiger partial charge on any atom is 0.343 e. The van der Waals surface area contributed by atoms with Crippen LogP contribution in [0.4, 0.5) is 0 Å². The molecule has 0 bridgehead atoms. The molecule has 0 saturated carbocycles. The number of carbonyl (C=O) groups excluding carboxylic acids is 1. The van der Waals surface area contributed by atoms with Gasteiger partial charge in [0.05, 0.1) is 19.4 Å². The zero-order chi connectivity index (χ0) is 10.6. The molecule has 0 amide bonds. The van der Waals surface area contributed by atoms with Gasteiger partial charge in [-0.3, -0.25) is 4.98 Å². The van der Waals surface area contributed by atoms with Gasteiger partial charge in [0.1, 0.15) is 11.3 Å². The second kappa shape index (κ2) is 4.60. The van der Waals surface area contributed by atoms with Crippen LogP contribution in [-0.2, 0) is 4.74 Å². The van der Waals surface area contributed by atoms with E-state index in [9.17, 15) is 4.79 Å². The van der Waals surface area contributed by atoms with Crippen LogP contribution in [0.25, 0.3) is 0 Å². The second-order valence-electron chi connectivity index (χ2n) is 2.69. The predicted molar refractivity (Wildman–Crippen MR) is 51.5 cm³/mol. The highest BCUT2D eigenvalue weighted by atomic mass is 16.5.